The Kier molecular flexibility index (Phi) is 5.20. The Hall–Kier alpha value is -2.15. The van der Waals surface area contributed by atoms with Crippen LogP contribution in [0.3, 0.4) is 0 Å². The molecule has 3 nitrogen and oxygen atoms in total. The molecule has 0 atom stereocenters. The fourth-order valence-corrected chi connectivity index (χ4v) is 2.22. The van der Waals surface area contributed by atoms with E-state index in [0.717, 1.165) is 12.1 Å². The van der Waals surface area contributed by atoms with Gasteiger partial charge in [0.1, 0.15) is 0 Å². The number of rotatable bonds is 4. The van der Waals surface area contributed by atoms with Crippen molar-refractivity contribution in [1.82, 2.24) is 0 Å². The number of hydrogen-bond acceptors (Lipinski definition) is 2. The van der Waals surface area contributed by atoms with E-state index in [1.54, 1.807) is 18.2 Å². The van der Waals surface area contributed by atoms with Gasteiger partial charge in [-0.25, -0.2) is 0 Å². The second-order valence-electron chi connectivity index (χ2n) is 4.60. The Bertz CT molecular complexity index is 730. The third-order valence-electron chi connectivity index (χ3n) is 3.02. The molecule has 120 valence electrons. The Labute approximate surface area is 138 Å². The molecule has 0 saturated carbocycles. The summed E-state index contributed by atoms with van der Waals surface area (Å²) in [7, 11) is 0. The second kappa shape index (κ2) is 6.95. The number of amides is 1. The minimum Gasteiger partial charge on any atom is -0.325 e. The summed E-state index contributed by atoms with van der Waals surface area (Å²) in [5.74, 6) is -1.40. The molecule has 0 bridgehead atoms. The fourth-order valence-electron chi connectivity index (χ4n) is 2.08. The minimum absolute atomic E-state index is 0.141. The number of anilines is 1. The maximum absolute atomic E-state index is 13.4. The summed E-state index contributed by atoms with van der Waals surface area (Å²) in [5, 5.41) is 2.00. The molecule has 2 rings (SSSR count). The summed E-state index contributed by atoms with van der Waals surface area (Å²) in [6, 6.07) is 11.2. The first-order valence-electron chi connectivity index (χ1n) is 6.50. The van der Waals surface area contributed by atoms with Crippen LogP contribution < -0.4 is 5.32 Å². The standard InChI is InChI=1S/C16H11BrF3NO2/c17-9-13(22)21-12-8-4-7-11(14(12)16(18,19)20)15(23)10-5-2-1-3-6-10/h1-8H,9H2,(H,21,22). The average Bonchev–Trinajstić information content (AvgIpc) is 2.53. The number of carbonyl (C=O) groups excluding carboxylic acids is 2. The van der Waals surface area contributed by atoms with Gasteiger partial charge in [-0.3, -0.25) is 9.59 Å². The van der Waals surface area contributed by atoms with Crippen LogP contribution in [0.2, 0.25) is 0 Å². The summed E-state index contributed by atoms with van der Waals surface area (Å²) in [5.41, 5.74) is -1.95. The zero-order chi connectivity index (χ0) is 17.0. The van der Waals surface area contributed by atoms with Gasteiger partial charge in [0.2, 0.25) is 5.91 Å². The molecule has 0 unspecified atom stereocenters. The molecule has 0 aliphatic carbocycles. The lowest BCUT2D eigenvalue weighted by atomic mass is 9.96. The van der Waals surface area contributed by atoms with Crippen molar-refractivity contribution in [2.45, 2.75) is 6.18 Å². The highest BCUT2D eigenvalue weighted by Crippen LogP contribution is 2.38. The third-order valence-corrected chi connectivity index (χ3v) is 3.53. The average molecular weight is 386 g/mol. The van der Waals surface area contributed by atoms with Crippen LogP contribution in [0, 0.1) is 0 Å². The van der Waals surface area contributed by atoms with Gasteiger partial charge in [0.05, 0.1) is 16.6 Å². The molecule has 0 fully saturated rings. The number of hydrogen-bond donors (Lipinski definition) is 1. The zero-order valence-corrected chi connectivity index (χ0v) is 13.2. The molecule has 2 aromatic carbocycles. The van der Waals surface area contributed by atoms with Crippen molar-refractivity contribution in [2.75, 3.05) is 10.6 Å². The molecule has 7 heteroatoms. The summed E-state index contributed by atoms with van der Waals surface area (Å²) >= 11 is 2.87. The van der Waals surface area contributed by atoms with Crippen LogP contribution in [0.15, 0.2) is 48.5 Å². The number of ketones is 1. The quantitative estimate of drug-likeness (QED) is 0.630. The van der Waals surface area contributed by atoms with E-state index < -0.39 is 34.7 Å². The Morgan fingerprint density at radius 3 is 2.22 bits per heavy atom. The van der Waals surface area contributed by atoms with Crippen molar-refractivity contribution in [3.05, 3.63) is 65.2 Å². The minimum atomic E-state index is -4.78. The van der Waals surface area contributed by atoms with E-state index in [0.29, 0.717) is 0 Å². The number of alkyl halides is 4. The van der Waals surface area contributed by atoms with Crippen LogP contribution in [0.4, 0.5) is 18.9 Å². The maximum atomic E-state index is 13.4. The molecule has 0 saturated heterocycles. The summed E-state index contributed by atoms with van der Waals surface area (Å²) in [6.07, 6.45) is -4.78. The van der Waals surface area contributed by atoms with Crippen molar-refractivity contribution in [2.24, 2.45) is 0 Å². The molecule has 0 heterocycles. The van der Waals surface area contributed by atoms with Crippen LogP contribution in [-0.2, 0) is 11.0 Å². The molecule has 0 aromatic heterocycles. The summed E-state index contributed by atoms with van der Waals surface area (Å²) in [6.45, 7) is 0. The predicted molar refractivity (Wildman–Crippen MR) is 83.7 cm³/mol. The van der Waals surface area contributed by atoms with Gasteiger partial charge in [0.15, 0.2) is 5.78 Å². The number of halogens is 4. The zero-order valence-electron chi connectivity index (χ0n) is 11.7. The first-order chi connectivity index (χ1) is 10.8. The molecular formula is C16H11BrF3NO2. The van der Waals surface area contributed by atoms with Gasteiger partial charge in [0, 0.05) is 11.1 Å². The highest BCUT2D eigenvalue weighted by atomic mass is 79.9. The van der Waals surface area contributed by atoms with Crippen LogP contribution in [0.1, 0.15) is 21.5 Å². The van der Waals surface area contributed by atoms with Crippen LogP contribution in [-0.4, -0.2) is 17.0 Å². The Morgan fingerprint density at radius 1 is 1.00 bits per heavy atom. The van der Waals surface area contributed by atoms with Gasteiger partial charge in [-0.2, -0.15) is 13.2 Å². The molecule has 0 aliphatic heterocycles. The van der Waals surface area contributed by atoms with Crippen molar-refractivity contribution >= 4 is 33.3 Å². The van der Waals surface area contributed by atoms with E-state index in [1.165, 1.54) is 18.2 Å². The second-order valence-corrected chi connectivity index (χ2v) is 5.16. The smallest absolute Gasteiger partial charge is 0.325 e. The highest BCUT2D eigenvalue weighted by molar-refractivity contribution is 9.09. The van der Waals surface area contributed by atoms with Gasteiger partial charge in [-0.05, 0) is 6.07 Å². The normalized spacial score (nSPS) is 11.1. The third kappa shape index (κ3) is 3.98. The molecule has 1 amide bonds. The van der Waals surface area contributed by atoms with E-state index in [2.05, 4.69) is 21.2 Å². The lowest BCUT2D eigenvalue weighted by molar-refractivity contribution is -0.137. The van der Waals surface area contributed by atoms with E-state index in [1.807, 2.05) is 0 Å². The summed E-state index contributed by atoms with van der Waals surface area (Å²) in [4.78, 5) is 23.8. The van der Waals surface area contributed by atoms with E-state index in [9.17, 15) is 22.8 Å². The maximum Gasteiger partial charge on any atom is 0.419 e. The Morgan fingerprint density at radius 2 is 1.65 bits per heavy atom. The van der Waals surface area contributed by atoms with Crippen molar-refractivity contribution in [3.8, 4) is 0 Å². The van der Waals surface area contributed by atoms with Gasteiger partial charge in [-0.15, -0.1) is 0 Å². The van der Waals surface area contributed by atoms with E-state index in [-0.39, 0.29) is 10.9 Å². The molecule has 0 spiro atoms. The SMILES string of the molecule is O=C(CBr)Nc1cccc(C(=O)c2ccccc2)c1C(F)(F)F. The Balaban J connectivity index is 2.57. The molecule has 0 aliphatic rings. The molecule has 1 N–H and O–H groups in total. The topological polar surface area (TPSA) is 46.2 Å². The first kappa shape index (κ1) is 17.2. The van der Waals surface area contributed by atoms with Gasteiger partial charge >= 0.3 is 6.18 Å². The van der Waals surface area contributed by atoms with Gasteiger partial charge < -0.3 is 5.32 Å². The molecule has 2 aromatic rings. The van der Waals surface area contributed by atoms with E-state index in [4.69, 9.17) is 0 Å². The number of carbonyl (C=O) groups is 2. The van der Waals surface area contributed by atoms with Crippen molar-refractivity contribution in [3.63, 3.8) is 0 Å². The lowest BCUT2D eigenvalue weighted by Crippen LogP contribution is -2.20. The first-order valence-corrected chi connectivity index (χ1v) is 7.62. The number of benzene rings is 2. The molecule has 23 heavy (non-hydrogen) atoms. The van der Waals surface area contributed by atoms with Crippen LogP contribution in [0.5, 0.6) is 0 Å². The predicted octanol–water partition coefficient (Wildman–Crippen LogP) is 4.27. The van der Waals surface area contributed by atoms with E-state index >= 15 is 0 Å². The molecule has 0 radical (unpaired) electrons. The van der Waals surface area contributed by atoms with Gasteiger partial charge in [-0.1, -0.05) is 58.4 Å². The number of nitrogens with one attached hydrogen (secondary N) is 1. The van der Waals surface area contributed by atoms with Crippen LogP contribution >= 0.6 is 15.9 Å². The summed E-state index contributed by atoms with van der Waals surface area (Å²) < 4.78 is 40.3. The lowest BCUT2D eigenvalue weighted by Gasteiger charge is -2.17. The van der Waals surface area contributed by atoms with Crippen molar-refractivity contribution in [1.29, 1.82) is 0 Å². The van der Waals surface area contributed by atoms with Crippen molar-refractivity contribution < 1.29 is 22.8 Å². The largest absolute Gasteiger partial charge is 0.419 e. The van der Waals surface area contributed by atoms with Gasteiger partial charge in [0.25, 0.3) is 0 Å². The highest BCUT2D eigenvalue weighted by Gasteiger charge is 2.38. The van der Waals surface area contributed by atoms with Crippen LogP contribution in [0.25, 0.3) is 0 Å². The fraction of sp³-hybridized carbons (Fsp3) is 0.125. The monoisotopic (exact) mass is 385 g/mol. The molecular weight excluding hydrogens is 375 g/mol.